The molecule has 0 heterocycles. The van der Waals surface area contributed by atoms with Gasteiger partial charge in [-0.05, 0) is 68.0 Å². The van der Waals surface area contributed by atoms with Crippen LogP contribution < -0.4 is 15.4 Å². The zero-order chi connectivity index (χ0) is 25.2. The molecule has 0 spiro atoms. The number of carbonyl (C=O) groups is 2. The molecule has 174 valence electrons. The molecule has 0 aliphatic heterocycles. The Bertz CT molecular complexity index is 1280. The second kappa shape index (κ2) is 12.2. The van der Waals surface area contributed by atoms with E-state index in [9.17, 15) is 14.0 Å². The lowest BCUT2D eigenvalue weighted by molar-refractivity contribution is -0.113. The summed E-state index contributed by atoms with van der Waals surface area (Å²) < 4.78 is 19.9. The molecule has 0 bridgehead atoms. The number of rotatable bonds is 8. The van der Waals surface area contributed by atoms with Crippen LogP contribution in [-0.2, 0) is 4.79 Å². The van der Waals surface area contributed by atoms with Crippen molar-refractivity contribution < 1.29 is 18.7 Å². The molecule has 2 N–H and O–H groups in total. The van der Waals surface area contributed by atoms with Crippen LogP contribution >= 0.6 is 0 Å². The third kappa shape index (κ3) is 7.30. The van der Waals surface area contributed by atoms with Crippen molar-refractivity contribution >= 4 is 31.4 Å². The molecule has 0 saturated carbocycles. The first kappa shape index (κ1) is 25.2. The first-order chi connectivity index (χ1) is 16.9. The van der Waals surface area contributed by atoms with E-state index in [0.717, 1.165) is 0 Å². The molecule has 0 unspecified atom stereocenters. The maximum Gasteiger partial charge on any atom is 0.272 e. The normalized spacial score (nSPS) is 12.1. The number of hydrogen-bond donors (Lipinski definition) is 2. The van der Waals surface area contributed by atoms with Crippen LogP contribution in [0, 0.1) is 5.82 Å². The highest BCUT2D eigenvalue weighted by Gasteiger charge is 2.17. The van der Waals surface area contributed by atoms with Crippen molar-refractivity contribution in [3.8, 4) is 5.75 Å². The van der Waals surface area contributed by atoms with Gasteiger partial charge in [0, 0.05) is 5.69 Å². The van der Waals surface area contributed by atoms with E-state index in [1.54, 1.807) is 67.6 Å². The number of benzene rings is 3. The predicted molar refractivity (Wildman–Crippen MR) is 137 cm³/mol. The highest BCUT2D eigenvalue weighted by atomic mass is 19.1. The highest BCUT2D eigenvalue weighted by Crippen LogP contribution is 2.19. The quantitative estimate of drug-likeness (QED) is 0.197. The predicted octanol–water partition coefficient (Wildman–Crippen LogP) is 5.59. The smallest absolute Gasteiger partial charge is 0.272 e. The van der Waals surface area contributed by atoms with E-state index in [0.29, 0.717) is 28.2 Å². The van der Waals surface area contributed by atoms with Crippen molar-refractivity contribution in [1.29, 1.82) is 0 Å². The summed E-state index contributed by atoms with van der Waals surface area (Å²) >= 11 is 0. The summed E-state index contributed by atoms with van der Waals surface area (Å²) in [6.45, 7) is 3.60. The van der Waals surface area contributed by atoms with Gasteiger partial charge < -0.3 is 15.4 Å². The van der Waals surface area contributed by atoms with Crippen molar-refractivity contribution in [2.45, 2.75) is 13.8 Å². The number of amides is 2. The lowest BCUT2D eigenvalue weighted by Crippen LogP contribution is -2.31. The van der Waals surface area contributed by atoms with Crippen LogP contribution in [0.5, 0.6) is 5.75 Å². The Morgan fingerprint density at radius 1 is 0.943 bits per heavy atom. The lowest BCUT2D eigenvalue weighted by Gasteiger charge is -2.12. The minimum absolute atomic E-state index is 0.0527. The third-order valence-corrected chi connectivity index (χ3v) is 4.77. The van der Waals surface area contributed by atoms with Crippen LogP contribution in [0.2, 0.25) is 0 Å². The Hall–Kier alpha value is -4.39. The third-order valence-electron chi connectivity index (χ3n) is 4.77. The van der Waals surface area contributed by atoms with E-state index in [2.05, 4.69) is 10.6 Å². The van der Waals surface area contributed by atoms with Crippen LogP contribution in [0.3, 0.4) is 0 Å². The van der Waals surface area contributed by atoms with Crippen LogP contribution in [0.4, 0.5) is 10.1 Å². The van der Waals surface area contributed by atoms with Gasteiger partial charge in [-0.15, -0.1) is 0 Å². The topological polar surface area (TPSA) is 67.4 Å². The number of carbonyl (C=O) groups excluding carboxylic acids is 2. The number of halogens is 1. The Kier molecular flexibility index (Phi) is 8.79. The van der Waals surface area contributed by atoms with Crippen molar-refractivity contribution in [2.75, 3.05) is 5.32 Å². The average Bonchev–Trinajstić information content (AvgIpc) is 2.85. The van der Waals surface area contributed by atoms with Gasteiger partial charge in [-0.3, -0.25) is 9.59 Å². The number of nitrogens with one attached hydrogen (secondary N) is 2. The van der Waals surface area contributed by atoms with Crippen molar-refractivity contribution in [2.24, 2.45) is 0 Å². The Labute approximate surface area is 205 Å². The first-order valence-electron chi connectivity index (χ1n) is 10.9. The van der Waals surface area contributed by atoms with E-state index in [1.807, 2.05) is 19.1 Å². The highest BCUT2D eigenvalue weighted by molar-refractivity contribution is 6.21. The molecule has 5 nitrogen and oxygen atoms in total. The summed E-state index contributed by atoms with van der Waals surface area (Å²) in [5, 5.41) is 5.26. The van der Waals surface area contributed by atoms with Crippen LogP contribution in [0.15, 0.2) is 108 Å². The van der Waals surface area contributed by atoms with Gasteiger partial charge in [0.05, 0.1) is 5.56 Å². The summed E-state index contributed by atoms with van der Waals surface area (Å²) in [5.41, 5.74) is 1.47. The molecule has 3 rings (SSSR count). The zero-order valence-corrected chi connectivity index (χ0v) is 19.4. The molecule has 3 aromatic carbocycles. The summed E-state index contributed by atoms with van der Waals surface area (Å²) in [6.07, 6.45) is 5.07. The average molecular weight is 466 g/mol. The zero-order valence-electron chi connectivity index (χ0n) is 19.4. The number of allylic oxidation sites excluding steroid dienone is 3. The van der Waals surface area contributed by atoms with Gasteiger partial charge >= 0.3 is 0 Å². The first-order valence-corrected chi connectivity index (χ1v) is 10.9. The summed E-state index contributed by atoms with van der Waals surface area (Å²) in [6, 6.07) is 21.2. The largest absolute Gasteiger partial charge is 0.458 e. The van der Waals surface area contributed by atoms with Gasteiger partial charge in [0.1, 0.15) is 30.9 Å². The fourth-order valence-electron chi connectivity index (χ4n) is 3.04. The summed E-state index contributed by atoms with van der Waals surface area (Å²) in [7, 11) is 5.85. The molecule has 0 saturated heterocycles. The molecular formula is C28H24BFN2O3. The summed E-state index contributed by atoms with van der Waals surface area (Å²) in [5.74, 6) is -0.911. The second-order valence-electron chi connectivity index (χ2n) is 7.53. The van der Waals surface area contributed by atoms with E-state index in [1.165, 1.54) is 24.3 Å². The lowest BCUT2D eigenvalue weighted by atomic mass is 9.96. The summed E-state index contributed by atoms with van der Waals surface area (Å²) in [4.78, 5) is 25.7. The molecule has 7 heteroatoms. The SMILES string of the molecule is [B]C(C)=C(C=CC)Oc1ccc(C=C(NC(=O)c2ccccc2F)C(=O)Nc2ccccc2)cc1. The van der Waals surface area contributed by atoms with Gasteiger partial charge in [-0.1, -0.05) is 54.0 Å². The van der Waals surface area contributed by atoms with E-state index >= 15 is 0 Å². The molecule has 0 atom stereocenters. The van der Waals surface area contributed by atoms with Crippen LogP contribution in [-0.4, -0.2) is 19.7 Å². The number of anilines is 1. The standard InChI is InChI=1S/C28H24BFN2O3/c1-3-9-26(19(2)29)35-22-16-14-20(15-17-22)18-25(28(34)31-21-10-5-4-6-11-21)32-27(33)23-12-7-8-13-24(23)30/h3-18H,1-2H3,(H,31,34)(H,32,33). The second-order valence-corrected chi connectivity index (χ2v) is 7.53. The van der Waals surface area contributed by atoms with E-state index in [-0.39, 0.29) is 11.3 Å². The molecule has 2 radical (unpaired) electrons. The molecule has 35 heavy (non-hydrogen) atoms. The fourth-order valence-corrected chi connectivity index (χ4v) is 3.04. The van der Waals surface area contributed by atoms with Crippen molar-refractivity contribution in [1.82, 2.24) is 5.32 Å². The van der Waals surface area contributed by atoms with Gasteiger partial charge in [0.25, 0.3) is 11.8 Å². The molecule has 0 aliphatic carbocycles. The Morgan fingerprint density at radius 3 is 2.23 bits per heavy atom. The minimum atomic E-state index is -0.739. The van der Waals surface area contributed by atoms with E-state index in [4.69, 9.17) is 12.6 Å². The fraction of sp³-hybridized carbons (Fsp3) is 0.0714. The number of para-hydroxylation sites is 1. The van der Waals surface area contributed by atoms with Gasteiger partial charge in [0.2, 0.25) is 0 Å². The van der Waals surface area contributed by atoms with Gasteiger partial charge in [-0.2, -0.15) is 0 Å². The monoisotopic (exact) mass is 466 g/mol. The minimum Gasteiger partial charge on any atom is -0.458 e. The molecule has 0 fully saturated rings. The van der Waals surface area contributed by atoms with Crippen molar-refractivity contribution in [3.63, 3.8) is 0 Å². The molecular weight excluding hydrogens is 442 g/mol. The maximum atomic E-state index is 14.1. The molecule has 3 aromatic rings. The van der Waals surface area contributed by atoms with Crippen LogP contribution in [0.1, 0.15) is 29.8 Å². The number of ether oxygens (including phenoxy) is 1. The Balaban J connectivity index is 1.88. The maximum absolute atomic E-state index is 14.1. The number of hydrogen-bond acceptors (Lipinski definition) is 3. The molecule has 0 aromatic heterocycles. The van der Waals surface area contributed by atoms with E-state index < -0.39 is 17.6 Å². The van der Waals surface area contributed by atoms with Crippen LogP contribution in [0.25, 0.3) is 6.08 Å². The Morgan fingerprint density at radius 2 is 1.60 bits per heavy atom. The molecule has 2 amide bonds. The van der Waals surface area contributed by atoms with Crippen molar-refractivity contribution in [3.05, 3.63) is 125 Å². The van der Waals surface area contributed by atoms with Gasteiger partial charge in [-0.25, -0.2) is 4.39 Å². The van der Waals surface area contributed by atoms with Gasteiger partial charge in [0.15, 0.2) is 0 Å². The molecule has 0 aliphatic rings.